The average Bonchev–Trinajstić information content (AvgIpc) is 2.77. The normalized spacial score (nSPS) is 21.7. The molecule has 2 heterocycles. The number of amides is 1. The van der Waals surface area contributed by atoms with Gasteiger partial charge in [-0.1, -0.05) is 54.6 Å². The quantitative estimate of drug-likeness (QED) is 0.718. The number of carbonyl (C=O) groups is 1. The Morgan fingerprint density at radius 3 is 2.55 bits per heavy atom. The number of carbonyl (C=O) groups excluding carboxylic acids is 1. The molecular formula is C24H24N4O. The molecule has 0 unspecified atom stereocenters. The van der Waals surface area contributed by atoms with Gasteiger partial charge in [-0.2, -0.15) is 0 Å². The summed E-state index contributed by atoms with van der Waals surface area (Å²) in [5.74, 6) is -0.270. The molecule has 2 aromatic carbocycles. The van der Waals surface area contributed by atoms with Gasteiger partial charge in [0.25, 0.3) is 0 Å². The second-order valence-corrected chi connectivity index (χ2v) is 7.64. The number of nitrogens with zero attached hydrogens (tertiary/aromatic N) is 2. The Balaban J connectivity index is 1.78. The van der Waals surface area contributed by atoms with Crippen molar-refractivity contribution in [1.29, 1.82) is 5.41 Å². The Bertz CT molecular complexity index is 1040. The molecule has 1 aliphatic heterocycles. The lowest BCUT2D eigenvalue weighted by Gasteiger charge is -2.46. The minimum Gasteiger partial charge on any atom is -0.346 e. The van der Waals surface area contributed by atoms with Crippen LogP contribution in [-0.4, -0.2) is 28.8 Å². The van der Waals surface area contributed by atoms with Gasteiger partial charge in [0.2, 0.25) is 5.91 Å². The summed E-state index contributed by atoms with van der Waals surface area (Å²) in [4.78, 5) is 18.8. The Hall–Kier alpha value is -3.47. The molecule has 1 aliphatic rings. The highest BCUT2D eigenvalue weighted by Crippen LogP contribution is 2.37. The minimum absolute atomic E-state index is 0.0492. The number of pyridine rings is 1. The summed E-state index contributed by atoms with van der Waals surface area (Å²) >= 11 is 0. The van der Waals surface area contributed by atoms with Crippen molar-refractivity contribution in [3.8, 4) is 11.1 Å². The molecule has 146 valence electrons. The monoisotopic (exact) mass is 384 g/mol. The van der Waals surface area contributed by atoms with Crippen molar-refractivity contribution in [2.75, 3.05) is 7.05 Å². The van der Waals surface area contributed by atoms with Gasteiger partial charge in [-0.15, -0.1) is 0 Å². The highest BCUT2D eigenvalue weighted by Gasteiger charge is 2.47. The molecule has 0 aliphatic carbocycles. The van der Waals surface area contributed by atoms with Crippen LogP contribution in [0.3, 0.4) is 0 Å². The molecule has 3 aromatic rings. The van der Waals surface area contributed by atoms with Gasteiger partial charge >= 0.3 is 0 Å². The molecule has 4 rings (SSSR count). The highest BCUT2D eigenvalue weighted by molar-refractivity contribution is 6.00. The van der Waals surface area contributed by atoms with Gasteiger partial charge in [0, 0.05) is 19.4 Å². The molecule has 1 aromatic heterocycles. The molecule has 1 fully saturated rings. The van der Waals surface area contributed by atoms with Gasteiger partial charge in [-0.3, -0.25) is 20.1 Å². The fraction of sp³-hybridized carbons (Fsp3) is 0.208. The SMILES string of the molecule is CN1C(=N)N[C@](C)(c2cccc(-c3cccnc3)c2)[C@H](Cc2ccccc2)C1=O. The molecular weight excluding hydrogens is 360 g/mol. The lowest BCUT2D eigenvalue weighted by Crippen LogP contribution is -2.64. The van der Waals surface area contributed by atoms with Gasteiger partial charge in [-0.05, 0) is 47.7 Å². The number of benzene rings is 2. The van der Waals surface area contributed by atoms with Crippen LogP contribution >= 0.6 is 0 Å². The summed E-state index contributed by atoms with van der Waals surface area (Å²) in [6.45, 7) is 2.02. The standard InChI is InChI=1S/C24H24N4O/c1-24(20-12-6-10-18(15-20)19-11-7-13-26-16-19)21(14-17-8-4-3-5-9-17)22(29)28(2)23(25)27-24/h3-13,15-16,21H,14H2,1-2H3,(H2,25,27)/t21-,24-/m1/s1. The molecule has 1 saturated heterocycles. The fourth-order valence-electron chi connectivity index (χ4n) is 3.98. The van der Waals surface area contributed by atoms with E-state index in [4.69, 9.17) is 5.41 Å². The van der Waals surface area contributed by atoms with Crippen LogP contribution in [0.2, 0.25) is 0 Å². The molecule has 5 nitrogen and oxygen atoms in total. The Labute approximate surface area is 170 Å². The first-order chi connectivity index (χ1) is 14.0. The summed E-state index contributed by atoms with van der Waals surface area (Å²) in [5, 5.41) is 11.6. The third kappa shape index (κ3) is 3.51. The molecule has 29 heavy (non-hydrogen) atoms. The number of guanidine groups is 1. The maximum atomic E-state index is 13.2. The third-order valence-corrected chi connectivity index (χ3v) is 5.78. The van der Waals surface area contributed by atoms with Crippen molar-refractivity contribution < 1.29 is 4.79 Å². The van der Waals surface area contributed by atoms with E-state index in [2.05, 4.69) is 16.4 Å². The fourth-order valence-corrected chi connectivity index (χ4v) is 3.98. The van der Waals surface area contributed by atoms with E-state index in [0.29, 0.717) is 6.42 Å². The van der Waals surface area contributed by atoms with Crippen LogP contribution in [0, 0.1) is 11.3 Å². The molecule has 1 amide bonds. The van der Waals surface area contributed by atoms with E-state index in [1.807, 2.05) is 73.8 Å². The maximum Gasteiger partial charge on any atom is 0.235 e. The molecule has 2 atom stereocenters. The number of nitrogens with one attached hydrogen (secondary N) is 2. The maximum absolute atomic E-state index is 13.2. The first kappa shape index (κ1) is 18.9. The van der Waals surface area contributed by atoms with Crippen molar-refractivity contribution in [2.24, 2.45) is 5.92 Å². The van der Waals surface area contributed by atoms with E-state index in [9.17, 15) is 4.79 Å². The smallest absolute Gasteiger partial charge is 0.235 e. The van der Waals surface area contributed by atoms with E-state index >= 15 is 0 Å². The van der Waals surface area contributed by atoms with Crippen LogP contribution in [-0.2, 0) is 16.8 Å². The first-order valence-electron chi connectivity index (χ1n) is 9.68. The predicted molar refractivity (Wildman–Crippen MR) is 114 cm³/mol. The summed E-state index contributed by atoms with van der Waals surface area (Å²) in [7, 11) is 1.65. The number of aromatic nitrogens is 1. The van der Waals surface area contributed by atoms with E-state index in [0.717, 1.165) is 22.3 Å². The van der Waals surface area contributed by atoms with Gasteiger partial charge < -0.3 is 5.32 Å². The largest absolute Gasteiger partial charge is 0.346 e. The minimum atomic E-state index is -0.700. The molecule has 0 saturated carbocycles. The number of hydrogen-bond donors (Lipinski definition) is 2. The lowest BCUT2D eigenvalue weighted by molar-refractivity contribution is -0.135. The number of hydrogen-bond acceptors (Lipinski definition) is 3. The Morgan fingerprint density at radius 2 is 1.83 bits per heavy atom. The van der Waals surface area contributed by atoms with Crippen LogP contribution in [0.1, 0.15) is 18.1 Å². The van der Waals surface area contributed by atoms with Crippen LogP contribution < -0.4 is 5.32 Å². The second kappa shape index (κ2) is 7.51. The molecule has 0 radical (unpaired) electrons. The summed E-state index contributed by atoms with van der Waals surface area (Å²) in [5.41, 5.74) is 3.44. The molecule has 5 heteroatoms. The Morgan fingerprint density at radius 1 is 1.07 bits per heavy atom. The molecule has 0 bridgehead atoms. The predicted octanol–water partition coefficient (Wildman–Crippen LogP) is 3.82. The van der Waals surface area contributed by atoms with E-state index < -0.39 is 5.54 Å². The van der Waals surface area contributed by atoms with E-state index in [1.54, 1.807) is 13.2 Å². The molecule has 0 spiro atoms. The topological polar surface area (TPSA) is 69.1 Å². The Kier molecular flexibility index (Phi) is 4.89. The van der Waals surface area contributed by atoms with Gasteiger partial charge in [-0.25, -0.2) is 0 Å². The van der Waals surface area contributed by atoms with Crippen LogP contribution in [0.5, 0.6) is 0 Å². The van der Waals surface area contributed by atoms with Crippen molar-refractivity contribution in [1.82, 2.24) is 15.2 Å². The van der Waals surface area contributed by atoms with Crippen LogP contribution in [0.25, 0.3) is 11.1 Å². The zero-order chi connectivity index (χ0) is 20.4. The summed E-state index contributed by atoms with van der Waals surface area (Å²) in [6.07, 6.45) is 4.18. The average molecular weight is 384 g/mol. The third-order valence-electron chi connectivity index (χ3n) is 5.78. The van der Waals surface area contributed by atoms with Crippen LogP contribution in [0.4, 0.5) is 0 Å². The van der Waals surface area contributed by atoms with Crippen LogP contribution in [0.15, 0.2) is 79.1 Å². The van der Waals surface area contributed by atoms with Crippen molar-refractivity contribution in [2.45, 2.75) is 18.9 Å². The van der Waals surface area contributed by atoms with Gasteiger partial charge in [0.15, 0.2) is 5.96 Å². The molecule has 2 N–H and O–H groups in total. The van der Waals surface area contributed by atoms with Gasteiger partial charge in [0.1, 0.15) is 0 Å². The number of rotatable bonds is 4. The highest BCUT2D eigenvalue weighted by atomic mass is 16.2. The van der Waals surface area contributed by atoms with Crippen molar-refractivity contribution >= 4 is 11.9 Å². The first-order valence-corrected chi connectivity index (χ1v) is 9.68. The van der Waals surface area contributed by atoms with E-state index in [-0.39, 0.29) is 17.8 Å². The second-order valence-electron chi connectivity index (χ2n) is 7.64. The van der Waals surface area contributed by atoms with Gasteiger partial charge in [0.05, 0.1) is 11.5 Å². The summed E-state index contributed by atoms with van der Waals surface area (Å²) < 4.78 is 0. The lowest BCUT2D eigenvalue weighted by atomic mass is 9.74. The van der Waals surface area contributed by atoms with E-state index in [1.165, 1.54) is 4.90 Å². The summed E-state index contributed by atoms with van der Waals surface area (Å²) in [6, 6.07) is 22.1. The van der Waals surface area contributed by atoms with Crippen molar-refractivity contribution in [3.05, 3.63) is 90.3 Å². The zero-order valence-electron chi connectivity index (χ0n) is 16.6. The van der Waals surface area contributed by atoms with Crippen molar-refractivity contribution in [3.63, 3.8) is 0 Å². The zero-order valence-corrected chi connectivity index (χ0v) is 16.6.